The first-order chi connectivity index (χ1) is 8.24. The van der Waals surface area contributed by atoms with E-state index < -0.39 is 0 Å². The van der Waals surface area contributed by atoms with Crippen LogP contribution in [0.5, 0.6) is 0 Å². The molecule has 0 aliphatic heterocycles. The van der Waals surface area contributed by atoms with Gasteiger partial charge in [-0.25, -0.2) is 15.0 Å². The minimum atomic E-state index is 0.816. The molecular formula is C12H15BrN4. The molecule has 2 heterocycles. The molecule has 0 atom stereocenters. The van der Waals surface area contributed by atoms with Crippen LogP contribution in [0, 0.1) is 0 Å². The average molecular weight is 295 g/mol. The van der Waals surface area contributed by atoms with Crippen molar-refractivity contribution in [1.29, 1.82) is 0 Å². The Labute approximate surface area is 109 Å². The maximum Gasteiger partial charge on any atom is 0.158 e. The molecule has 2 aromatic heterocycles. The van der Waals surface area contributed by atoms with E-state index >= 15 is 0 Å². The monoisotopic (exact) mass is 294 g/mol. The molecule has 0 N–H and O–H groups in total. The number of aryl methyl sites for hydroxylation is 2. The van der Waals surface area contributed by atoms with E-state index in [0.717, 1.165) is 41.3 Å². The van der Waals surface area contributed by atoms with Crippen molar-refractivity contribution >= 4 is 15.9 Å². The lowest BCUT2D eigenvalue weighted by Crippen LogP contribution is -2.02. The zero-order valence-corrected chi connectivity index (χ0v) is 11.6. The molecule has 0 aliphatic carbocycles. The van der Waals surface area contributed by atoms with Crippen LogP contribution in [0.1, 0.15) is 26.1 Å². The third-order valence-electron chi connectivity index (χ3n) is 2.50. The van der Waals surface area contributed by atoms with Gasteiger partial charge in [-0.1, -0.05) is 6.92 Å². The fourth-order valence-electron chi connectivity index (χ4n) is 1.71. The Morgan fingerprint density at radius 3 is 2.82 bits per heavy atom. The Balaban J connectivity index is 2.44. The Kier molecular flexibility index (Phi) is 3.89. The summed E-state index contributed by atoms with van der Waals surface area (Å²) in [6, 6.07) is 1.91. The molecule has 0 saturated heterocycles. The summed E-state index contributed by atoms with van der Waals surface area (Å²) in [4.78, 5) is 13.3. The maximum atomic E-state index is 4.55. The number of halogens is 1. The predicted molar refractivity (Wildman–Crippen MR) is 70.6 cm³/mol. The Bertz CT molecular complexity index is 507. The molecule has 2 aromatic rings. The van der Waals surface area contributed by atoms with Crippen LogP contribution < -0.4 is 0 Å². The van der Waals surface area contributed by atoms with Crippen LogP contribution in [-0.2, 0) is 13.0 Å². The molecule has 17 heavy (non-hydrogen) atoms. The standard InChI is InChI=1S/C12H15BrN4/c1-3-5-11-15-9(8-10(13)16-11)12-14-6-7-17(12)4-2/h6-8H,3-5H2,1-2H3. The van der Waals surface area contributed by atoms with Gasteiger partial charge < -0.3 is 4.57 Å². The summed E-state index contributed by atoms with van der Waals surface area (Å²) in [5.41, 5.74) is 0.877. The van der Waals surface area contributed by atoms with E-state index in [1.807, 2.05) is 12.3 Å². The number of hydrogen-bond donors (Lipinski definition) is 0. The Morgan fingerprint density at radius 2 is 2.12 bits per heavy atom. The summed E-state index contributed by atoms with van der Waals surface area (Å²) in [5, 5.41) is 0. The van der Waals surface area contributed by atoms with E-state index in [1.54, 1.807) is 6.20 Å². The summed E-state index contributed by atoms with van der Waals surface area (Å²) >= 11 is 3.43. The molecule has 0 unspecified atom stereocenters. The molecule has 0 aromatic carbocycles. The van der Waals surface area contributed by atoms with Gasteiger partial charge in [0.05, 0.1) is 0 Å². The Morgan fingerprint density at radius 1 is 1.29 bits per heavy atom. The first-order valence-corrected chi connectivity index (χ1v) is 6.58. The summed E-state index contributed by atoms with van der Waals surface area (Å²) in [5.74, 6) is 1.76. The minimum Gasteiger partial charge on any atom is -0.330 e. The second-order valence-electron chi connectivity index (χ2n) is 3.78. The molecule has 0 bridgehead atoms. The van der Waals surface area contributed by atoms with Gasteiger partial charge in [0.15, 0.2) is 5.82 Å². The lowest BCUT2D eigenvalue weighted by atomic mass is 10.3. The maximum absolute atomic E-state index is 4.55. The highest BCUT2D eigenvalue weighted by molar-refractivity contribution is 9.10. The van der Waals surface area contributed by atoms with E-state index in [1.165, 1.54) is 0 Å². The van der Waals surface area contributed by atoms with Crippen LogP contribution in [0.4, 0.5) is 0 Å². The summed E-state index contributed by atoms with van der Waals surface area (Å²) in [6.07, 6.45) is 5.69. The van der Waals surface area contributed by atoms with E-state index in [-0.39, 0.29) is 0 Å². The van der Waals surface area contributed by atoms with Gasteiger partial charge in [-0.3, -0.25) is 0 Å². The second-order valence-corrected chi connectivity index (χ2v) is 4.59. The van der Waals surface area contributed by atoms with Crippen molar-refractivity contribution in [1.82, 2.24) is 19.5 Å². The van der Waals surface area contributed by atoms with Gasteiger partial charge in [0.1, 0.15) is 16.1 Å². The number of aromatic nitrogens is 4. The number of imidazole rings is 1. The second kappa shape index (κ2) is 5.40. The highest BCUT2D eigenvalue weighted by Gasteiger charge is 2.09. The van der Waals surface area contributed by atoms with Gasteiger partial charge in [0, 0.05) is 31.4 Å². The molecule has 90 valence electrons. The topological polar surface area (TPSA) is 43.6 Å². The zero-order valence-electron chi connectivity index (χ0n) is 10.0. The van der Waals surface area contributed by atoms with E-state index in [2.05, 4.69) is 49.3 Å². The smallest absolute Gasteiger partial charge is 0.158 e. The predicted octanol–water partition coefficient (Wildman–Crippen LogP) is 3.08. The summed E-state index contributed by atoms with van der Waals surface area (Å²) in [6.45, 7) is 5.10. The molecule has 5 heteroatoms. The molecule has 0 amide bonds. The molecule has 0 saturated carbocycles. The highest BCUT2D eigenvalue weighted by atomic mass is 79.9. The zero-order chi connectivity index (χ0) is 12.3. The van der Waals surface area contributed by atoms with E-state index in [4.69, 9.17) is 0 Å². The van der Waals surface area contributed by atoms with Crippen LogP contribution in [0.15, 0.2) is 23.1 Å². The van der Waals surface area contributed by atoms with Gasteiger partial charge in [0.25, 0.3) is 0 Å². The molecular weight excluding hydrogens is 280 g/mol. The van der Waals surface area contributed by atoms with Gasteiger partial charge in [0.2, 0.25) is 0 Å². The number of hydrogen-bond acceptors (Lipinski definition) is 3. The first-order valence-electron chi connectivity index (χ1n) is 5.79. The summed E-state index contributed by atoms with van der Waals surface area (Å²) < 4.78 is 2.89. The van der Waals surface area contributed by atoms with E-state index in [9.17, 15) is 0 Å². The van der Waals surface area contributed by atoms with Crippen LogP contribution >= 0.6 is 15.9 Å². The number of nitrogens with zero attached hydrogens (tertiary/aromatic N) is 4. The van der Waals surface area contributed by atoms with Crippen LogP contribution in [0.2, 0.25) is 0 Å². The fourth-order valence-corrected chi connectivity index (χ4v) is 2.13. The lowest BCUT2D eigenvalue weighted by molar-refractivity contribution is 0.762. The van der Waals surface area contributed by atoms with Gasteiger partial charge in [-0.15, -0.1) is 0 Å². The lowest BCUT2D eigenvalue weighted by Gasteiger charge is -2.06. The van der Waals surface area contributed by atoms with Crippen molar-refractivity contribution in [3.05, 3.63) is 28.9 Å². The van der Waals surface area contributed by atoms with Gasteiger partial charge in [-0.05, 0) is 29.3 Å². The molecule has 0 aliphatic rings. The summed E-state index contributed by atoms with van der Waals surface area (Å²) in [7, 11) is 0. The normalized spacial score (nSPS) is 10.8. The molecule has 0 spiro atoms. The largest absolute Gasteiger partial charge is 0.330 e. The number of rotatable bonds is 4. The highest BCUT2D eigenvalue weighted by Crippen LogP contribution is 2.19. The fraction of sp³-hybridized carbons (Fsp3) is 0.417. The van der Waals surface area contributed by atoms with Crippen molar-refractivity contribution < 1.29 is 0 Å². The van der Waals surface area contributed by atoms with Gasteiger partial charge in [-0.2, -0.15) is 0 Å². The molecule has 0 radical (unpaired) electrons. The molecule has 4 nitrogen and oxygen atoms in total. The third-order valence-corrected chi connectivity index (χ3v) is 2.91. The Hall–Kier alpha value is -1.23. The van der Waals surface area contributed by atoms with Crippen molar-refractivity contribution in [3.63, 3.8) is 0 Å². The molecule has 0 fully saturated rings. The van der Waals surface area contributed by atoms with Crippen LogP contribution in [0.25, 0.3) is 11.5 Å². The minimum absolute atomic E-state index is 0.816. The van der Waals surface area contributed by atoms with Crippen LogP contribution in [-0.4, -0.2) is 19.5 Å². The average Bonchev–Trinajstić information content (AvgIpc) is 2.76. The van der Waals surface area contributed by atoms with Crippen LogP contribution in [0.3, 0.4) is 0 Å². The van der Waals surface area contributed by atoms with E-state index in [0.29, 0.717) is 0 Å². The van der Waals surface area contributed by atoms with Crippen molar-refractivity contribution in [3.8, 4) is 11.5 Å². The van der Waals surface area contributed by atoms with Crippen molar-refractivity contribution in [2.75, 3.05) is 0 Å². The van der Waals surface area contributed by atoms with Gasteiger partial charge >= 0.3 is 0 Å². The quantitative estimate of drug-likeness (QED) is 0.814. The molecule has 2 rings (SSSR count). The van der Waals surface area contributed by atoms with Crippen molar-refractivity contribution in [2.24, 2.45) is 0 Å². The SMILES string of the molecule is CCCc1nc(Br)cc(-c2nccn2CC)n1. The van der Waals surface area contributed by atoms with Crippen molar-refractivity contribution in [2.45, 2.75) is 33.2 Å². The third kappa shape index (κ3) is 2.72. The first kappa shape index (κ1) is 12.2.